The van der Waals surface area contributed by atoms with Crippen LogP contribution >= 0.6 is 0 Å². The molecule has 0 spiro atoms. The average Bonchev–Trinajstić information content (AvgIpc) is 2.47. The van der Waals surface area contributed by atoms with Crippen LogP contribution in [0.15, 0.2) is 18.2 Å². The van der Waals surface area contributed by atoms with E-state index in [0.29, 0.717) is 18.3 Å². The van der Waals surface area contributed by atoms with Crippen LogP contribution in [0, 0.1) is 16.0 Å². The molecule has 0 radical (unpaired) electrons. The molecule has 1 aromatic rings. The summed E-state index contributed by atoms with van der Waals surface area (Å²) < 4.78 is 5.40. The minimum atomic E-state index is -0.396. The standard InChI is InChI=1S/C14H20N2O4/c1-2-20-14-8-12(7-13(9-14)16(18)19)15-5-3-11(10-17)4-6-15/h7-9,11,17H,2-6,10H2,1H3. The highest BCUT2D eigenvalue weighted by Gasteiger charge is 2.21. The molecule has 1 saturated heterocycles. The zero-order valence-electron chi connectivity index (χ0n) is 11.6. The van der Waals surface area contributed by atoms with E-state index < -0.39 is 4.92 Å². The topological polar surface area (TPSA) is 75.8 Å². The molecular formula is C14H20N2O4. The van der Waals surface area contributed by atoms with Crippen molar-refractivity contribution in [3.63, 3.8) is 0 Å². The minimum Gasteiger partial charge on any atom is -0.494 e. The molecule has 6 heteroatoms. The number of hydrogen-bond donors (Lipinski definition) is 1. The molecule has 1 aliphatic rings. The summed E-state index contributed by atoms with van der Waals surface area (Å²) in [6.07, 6.45) is 1.81. The van der Waals surface area contributed by atoms with Crippen molar-refractivity contribution in [1.29, 1.82) is 0 Å². The average molecular weight is 280 g/mol. The number of nitro groups is 1. The Labute approximate surface area is 118 Å². The summed E-state index contributed by atoms with van der Waals surface area (Å²) in [4.78, 5) is 12.7. The number of anilines is 1. The number of nitro benzene ring substituents is 1. The number of nitrogens with zero attached hydrogens (tertiary/aromatic N) is 2. The summed E-state index contributed by atoms with van der Waals surface area (Å²) in [6, 6.07) is 4.88. The highest BCUT2D eigenvalue weighted by atomic mass is 16.6. The van der Waals surface area contributed by atoms with Gasteiger partial charge in [-0.1, -0.05) is 0 Å². The Morgan fingerprint density at radius 2 is 2.10 bits per heavy atom. The van der Waals surface area contributed by atoms with Crippen LogP contribution in [0.25, 0.3) is 0 Å². The third-order valence-electron chi connectivity index (χ3n) is 3.64. The molecule has 0 saturated carbocycles. The zero-order valence-corrected chi connectivity index (χ0v) is 11.6. The monoisotopic (exact) mass is 280 g/mol. The van der Waals surface area contributed by atoms with Crippen molar-refractivity contribution in [3.05, 3.63) is 28.3 Å². The molecule has 20 heavy (non-hydrogen) atoms. The Hall–Kier alpha value is -1.82. The molecule has 0 unspecified atom stereocenters. The van der Waals surface area contributed by atoms with Crippen molar-refractivity contribution in [3.8, 4) is 5.75 Å². The lowest BCUT2D eigenvalue weighted by atomic mass is 9.97. The van der Waals surface area contributed by atoms with Crippen LogP contribution < -0.4 is 9.64 Å². The molecule has 110 valence electrons. The summed E-state index contributed by atoms with van der Waals surface area (Å²) in [6.45, 7) is 4.15. The second-order valence-corrected chi connectivity index (χ2v) is 4.99. The second kappa shape index (κ2) is 6.56. The Bertz CT molecular complexity index is 470. The molecule has 0 bridgehead atoms. The van der Waals surface area contributed by atoms with Crippen LogP contribution in [0.5, 0.6) is 5.75 Å². The third kappa shape index (κ3) is 3.39. The first kappa shape index (κ1) is 14.6. The number of non-ortho nitro benzene ring substituents is 1. The molecule has 1 fully saturated rings. The largest absolute Gasteiger partial charge is 0.494 e. The van der Waals surface area contributed by atoms with Crippen molar-refractivity contribution >= 4 is 11.4 Å². The number of aliphatic hydroxyl groups is 1. The second-order valence-electron chi connectivity index (χ2n) is 4.99. The molecule has 0 aliphatic carbocycles. The van der Waals surface area contributed by atoms with Gasteiger partial charge in [0, 0.05) is 37.5 Å². The minimum absolute atomic E-state index is 0.0511. The number of benzene rings is 1. The number of piperidine rings is 1. The van der Waals surface area contributed by atoms with Crippen LogP contribution in [-0.2, 0) is 0 Å². The van der Waals surface area contributed by atoms with Gasteiger partial charge in [0.15, 0.2) is 0 Å². The van der Waals surface area contributed by atoms with Gasteiger partial charge in [-0.25, -0.2) is 0 Å². The van der Waals surface area contributed by atoms with E-state index in [1.54, 1.807) is 6.07 Å². The Kier molecular flexibility index (Phi) is 4.79. The van der Waals surface area contributed by atoms with Gasteiger partial charge in [0.05, 0.1) is 17.6 Å². The van der Waals surface area contributed by atoms with Crippen LogP contribution in [-0.4, -0.2) is 36.3 Å². The first-order valence-electron chi connectivity index (χ1n) is 6.92. The molecule has 6 nitrogen and oxygen atoms in total. The molecule has 0 amide bonds. The number of aliphatic hydroxyl groups excluding tert-OH is 1. The number of ether oxygens (including phenoxy) is 1. The van der Waals surface area contributed by atoms with Gasteiger partial charge in [-0.3, -0.25) is 10.1 Å². The van der Waals surface area contributed by atoms with Crippen LogP contribution in [0.4, 0.5) is 11.4 Å². The summed E-state index contributed by atoms with van der Waals surface area (Å²) >= 11 is 0. The quantitative estimate of drug-likeness (QED) is 0.661. The summed E-state index contributed by atoms with van der Waals surface area (Å²) in [7, 11) is 0. The van der Waals surface area contributed by atoms with Gasteiger partial charge in [0.2, 0.25) is 0 Å². The predicted octanol–water partition coefficient (Wildman–Crippen LogP) is 2.20. The van der Waals surface area contributed by atoms with Gasteiger partial charge in [0.1, 0.15) is 5.75 Å². The Morgan fingerprint density at radius 1 is 1.40 bits per heavy atom. The maximum Gasteiger partial charge on any atom is 0.275 e. The van der Waals surface area contributed by atoms with E-state index in [4.69, 9.17) is 9.84 Å². The maximum absolute atomic E-state index is 11.0. The molecule has 1 heterocycles. The van der Waals surface area contributed by atoms with Gasteiger partial charge in [-0.15, -0.1) is 0 Å². The maximum atomic E-state index is 11.0. The van der Waals surface area contributed by atoms with Gasteiger partial charge in [-0.2, -0.15) is 0 Å². The molecule has 0 aromatic heterocycles. The van der Waals surface area contributed by atoms with Crippen molar-refractivity contribution < 1.29 is 14.8 Å². The summed E-state index contributed by atoms with van der Waals surface area (Å²) in [5.41, 5.74) is 0.870. The van der Waals surface area contributed by atoms with Crippen LogP contribution in [0.3, 0.4) is 0 Å². The Morgan fingerprint density at radius 3 is 2.65 bits per heavy atom. The highest BCUT2D eigenvalue weighted by molar-refractivity contribution is 5.58. The summed E-state index contributed by atoms with van der Waals surface area (Å²) in [5.74, 6) is 0.872. The molecule has 1 aromatic carbocycles. The predicted molar refractivity (Wildman–Crippen MR) is 76.3 cm³/mol. The van der Waals surface area contributed by atoms with E-state index in [1.165, 1.54) is 6.07 Å². The molecular weight excluding hydrogens is 260 g/mol. The first-order chi connectivity index (χ1) is 9.63. The molecule has 1 N–H and O–H groups in total. The first-order valence-corrected chi connectivity index (χ1v) is 6.92. The van der Waals surface area contributed by atoms with E-state index >= 15 is 0 Å². The molecule has 0 atom stereocenters. The van der Waals surface area contributed by atoms with Gasteiger partial charge in [0.25, 0.3) is 5.69 Å². The van der Waals surface area contributed by atoms with Gasteiger partial charge < -0.3 is 14.7 Å². The highest BCUT2D eigenvalue weighted by Crippen LogP contribution is 2.31. The van der Waals surface area contributed by atoms with Crippen molar-refractivity contribution in [2.24, 2.45) is 5.92 Å². The normalized spacial score (nSPS) is 16.2. The Balaban J connectivity index is 2.20. The SMILES string of the molecule is CCOc1cc(N2CCC(CO)CC2)cc([N+](=O)[O-])c1. The van der Waals surface area contributed by atoms with E-state index in [0.717, 1.165) is 31.6 Å². The van der Waals surface area contributed by atoms with Crippen LogP contribution in [0.1, 0.15) is 19.8 Å². The fourth-order valence-corrected chi connectivity index (χ4v) is 2.48. The van der Waals surface area contributed by atoms with E-state index in [9.17, 15) is 10.1 Å². The van der Waals surface area contributed by atoms with E-state index in [2.05, 4.69) is 4.90 Å². The van der Waals surface area contributed by atoms with Crippen molar-refractivity contribution in [2.45, 2.75) is 19.8 Å². The number of hydrogen-bond acceptors (Lipinski definition) is 5. The van der Waals surface area contributed by atoms with Crippen molar-refractivity contribution in [2.75, 3.05) is 31.2 Å². The third-order valence-corrected chi connectivity index (χ3v) is 3.64. The van der Waals surface area contributed by atoms with Crippen molar-refractivity contribution in [1.82, 2.24) is 0 Å². The van der Waals surface area contributed by atoms with Crippen LogP contribution in [0.2, 0.25) is 0 Å². The lowest BCUT2D eigenvalue weighted by Gasteiger charge is -2.32. The fraction of sp³-hybridized carbons (Fsp3) is 0.571. The zero-order chi connectivity index (χ0) is 14.5. The van der Waals surface area contributed by atoms with E-state index in [-0.39, 0.29) is 12.3 Å². The fourth-order valence-electron chi connectivity index (χ4n) is 2.48. The smallest absolute Gasteiger partial charge is 0.275 e. The van der Waals surface area contributed by atoms with E-state index in [1.807, 2.05) is 13.0 Å². The number of rotatable bonds is 5. The lowest BCUT2D eigenvalue weighted by molar-refractivity contribution is -0.384. The van der Waals surface area contributed by atoms with Gasteiger partial charge in [-0.05, 0) is 25.7 Å². The van der Waals surface area contributed by atoms with Gasteiger partial charge >= 0.3 is 0 Å². The molecule has 1 aliphatic heterocycles. The lowest BCUT2D eigenvalue weighted by Crippen LogP contribution is -2.34. The molecule has 2 rings (SSSR count). The summed E-state index contributed by atoms with van der Waals surface area (Å²) in [5, 5.41) is 20.1.